The van der Waals surface area contributed by atoms with Gasteiger partial charge < -0.3 is 9.47 Å². The lowest BCUT2D eigenvalue weighted by atomic mass is 10.0. The Morgan fingerprint density at radius 3 is 2.30 bits per heavy atom. The van der Waals surface area contributed by atoms with Crippen molar-refractivity contribution in [3.05, 3.63) is 12.2 Å². The van der Waals surface area contributed by atoms with E-state index in [0.29, 0.717) is 29.7 Å². The van der Waals surface area contributed by atoms with Gasteiger partial charge in [0.15, 0.2) is 0 Å². The van der Waals surface area contributed by atoms with Gasteiger partial charge in [0.05, 0.1) is 0 Å². The first-order valence-corrected chi connectivity index (χ1v) is 7.66. The molecule has 0 spiro atoms. The van der Waals surface area contributed by atoms with Crippen molar-refractivity contribution in [2.45, 2.75) is 45.4 Å². The summed E-state index contributed by atoms with van der Waals surface area (Å²) < 4.78 is 10.1. The largest absolute Gasteiger partial charge is 0.462 e. The zero-order chi connectivity index (χ0) is 14.5. The normalized spacial score (nSPS) is 27.4. The zero-order valence-electron chi connectivity index (χ0n) is 12.2. The lowest BCUT2D eigenvalue weighted by Crippen LogP contribution is -2.15. The highest BCUT2D eigenvalue weighted by atomic mass is 16.6. The number of carbonyl (C=O) groups is 2. The second-order valence-corrected chi connectivity index (χ2v) is 5.77. The van der Waals surface area contributed by atoms with E-state index in [9.17, 15) is 9.59 Å². The Morgan fingerprint density at radius 1 is 1.10 bits per heavy atom. The highest BCUT2D eigenvalue weighted by Gasteiger charge is 2.53. The Labute approximate surface area is 120 Å². The standard InChI is InChI=1S/C16H24O4/c1-3-6-14(17)19-9-10-20-16(18)11(2)15-12-7-4-5-8-13(12)15/h12-13,15H,2-10H2,1H3. The molecule has 0 aliphatic heterocycles. The van der Waals surface area contributed by atoms with Crippen LogP contribution in [0.1, 0.15) is 45.4 Å². The Balaban J connectivity index is 1.63. The molecule has 2 fully saturated rings. The quantitative estimate of drug-likeness (QED) is 0.409. The molecule has 4 nitrogen and oxygen atoms in total. The topological polar surface area (TPSA) is 52.6 Å². The summed E-state index contributed by atoms with van der Waals surface area (Å²) >= 11 is 0. The molecule has 2 aliphatic carbocycles. The van der Waals surface area contributed by atoms with Crippen LogP contribution in [0.5, 0.6) is 0 Å². The van der Waals surface area contributed by atoms with Gasteiger partial charge in [-0.2, -0.15) is 0 Å². The minimum Gasteiger partial charge on any atom is -0.462 e. The summed E-state index contributed by atoms with van der Waals surface area (Å²) in [6.07, 6.45) is 6.15. The molecular weight excluding hydrogens is 256 g/mol. The van der Waals surface area contributed by atoms with Crippen LogP contribution in [0.4, 0.5) is 0 Å². The van der Waals surface area contributed by atoms with Gasteiger partial charge in [0.2, 0.25) is 0 Å². The molecule has 0 radical (unpaired) electrons. The maximum Gasteiger partial charge on any atom is 0.333 e. The van der Waals surface area contributed by atoms with Gasteiger partial charge in [-0.1, -0.05) is 26.3 Å². The maximum absolute atomic E-state index is 11.9. The fraction of sp³-hybridized carbons (Fsp3) is 0.750. The summed E-state index contributed by atoms with van der Waals surface area (Å²) in [5, 5.41) is 0. The number of carbonyl (C=O) groups excluding carboxylic acids is 2. The van der Waals surface area contributed by atoms with Crippen molar-refractivity contribution < 1.29 is 19.1 Å². The Morgan fingerprint density at radius 2 is 1.70 bits per heavy atom. The molecule has 0 N–H and O–H groups in total. The van der Waals surface area contributed by atoms with Gasteiger partial charge in [0.25, 0.3) is 0 Å². The number of rotatable bonds is 7. The minimum absolute atomic E-state index is 0.120. The van der Waals surface area contributed by atoms with E-state index in [1.807, 2.05) is 6.92 Å². The minimum atomic E-state index is -0.323. The number of esters is 2. The lowest BCUT2D eigenvalue weighted by Gasteiger charge is -2.07. The summed E-state index contributed by atoms with van der Waals surface area (Å²) in [6, 6.07) is 0. The second-order valence-electron chi connectivity index (χ2n) is 5.77. The van der Waals surface area contributed by atoms with Crippen LogP contribution in [0.3, 0.4) is 0 Å². The van der Waals surface area contributed by atoms with Crippen molar-refractivity contribution in [3.8, 4) is 0 Å². The zero-order valence-corrected chi connectivity index (χ0v) is 12.2. The Bertz CT molecular complexity index is 376. The molecule has 2 atom stereocenters. The highest BCUT2D eigenvalue weighted by Crippen LogP contribution is 2.58. The van der Waals surface area contributed by atoms with Gasteiger partial charge >= 0.3 is 11.9 Å². The van der Waals surface area contributed by atoms with E-state index in [1.165, 1.54) is 25.7 Å². The van der Waals surface area contributed by atoms with Crippen LogP contribution in [-0.2, 0) is 19.1 Å². The van der Waals surface area contributed by atoms with Gasteiger partial charge in [-0.25, -0.2) is 4.79 Å². The molecule has 0 bridgehead atoms. The Hall–Kier alpha value is -1.32. The molecule has 0 saturated heterocycles. The number of hydrogen-bond acceptors (Lipinski definition) is 4. The third kappa shape index (κ3) is 3.62. The molecule has 0 aromatic rings. The van der Waals surface area contributed by atoms with Crippen LogP contribution in [0.25, 0.3) is 0 Å². The van der Waals surface area contributed by atoms with Crippen LogP contribution >= 0.6 is 0 Å². The molecular formula is C16H24O4. The third-order valence-electron chi connectivity index (χ3n) is 4.35. The van der Waals surface area contributed by atoms with Crippen molar-refractivity contribution in [2.75, 3.05) is 13.2 Å². The number of ether oxygens (including phenoxy) is 2. The van der Waals surface area contributed by atoms with Gasteiger partial charge in [-0.05, 0) is 37.0 Å². The van der Waals surface area contributed by atoms with Crippen LogP contribution in [0.2, 0.25) is 0 Å². The highest BCUT2D eigenvalue weighted by molar-refractivity contribution is 5.89. The van der Waals surface area contributed by atoms with Crippen LogP contribution < -0.4 is 0 Å². The average Bonchev–Trinajstić information content (AvgIpc) is 3.17. The molecule has 4 heteroatoms. The summed E-state index contributed by atoms with van der Waals surface area (Å²) in [4.78, 5) is 23.0. The predicted molar refractivity (Wildman–Crippen MR) is 74.9 cm³/mol. The number of fused-ring (bicyclic) bond motifs is 1. The van der Waals surface area contributed by atoms with Crippen molar-refractivity contribution in [1.82, 2.24) is 0 Å². The van der Waals surface area contributed by atoms with Crippen LogP contribution in [0.15, 0.2) is 12.2 Å². The molecule has 0 aromatic heterocycles. The molecule has 2 unspecified atom stereocenters. The maximum atomic E-state index is 11.9. The van der Waals surface area contributed by atoms with Crippen molar-refractivity contribution >= 4 is 11.9 Å². The smallest absolute Gasteiger partial charge is 0.333 e. The average molecular weight is 280 g/mol. The van der Waals surface area contributed by atoms with Gasteiger partial charge in [-0.15, -0.1) is 0 Å². The summed E-state index contributed by atoms with van der Waals surface area (Å²) in [7, 11) is 0. The molecule has 2 saturated carbocycles. The summed E-state index contributed by atoms with van der Waals surface area (Å²) in [5.74, 6) is 1.09. The van der Waals surface area contributed by atoms with E-state index in [-0.39, 0.29) is 25.2 Å². The molecule has 2 rings (SSSR count). The van der Waals surface area contributed by atoms with Crippen molar-refractivity contribution in [3.63, 3.8) is 0 Å². The van der Waals surface area contributed by atoms with Crippen molar-refractivity contribution in [2.24, 2.45) is 17.8 Å². The third-order valence-corrected chi connectivity index (χ3v) is 4.35. The predicted octanol–water partition coefficient (Wildman–Crippen LogP) is 2.87. The van der Waals surface area contributed by atoms with Gasteiger partial charge in [0.1, 0.15) is 13.2 Å². The first-order valence-electron chi connectivity index (χ1n) is 7.66. The van der Waals surface area contributed by atoms with E-state index in [0.717, 1.165) is 6.42 Å². The van der Waals surface area contributed by atoms with Crippen LogP contribution in [-0.4, -0.2) is 25.2 Å². The van der Waals surface area contributed by atoms with E-state index in [2.05, 4.69) is 6.58 Å². The molecule has 0 amide bonds. The van der Waals surface area contributed by atoms with Gasteiger partial charge in [-0.3, -0.25) is 4.79 Å². The Kier molecular flexibility index (Phi) is 5.21. The lowest BCUT2D eigenvalue weighted by molar-refractivity contribution is -0.150. The fourth-order valence-corrected chi connectivity index (χ4v) is 3.30. The van der Waals surface area contributed by atoms with Crippen LogP contribution in [0, 0.1) is 17.8 Å². The summed E-state index contributed by atoms with van der Waals surface area (Å²) in [5.41, 5.74) is 0.613. The van der Waals surface area contributed by atoms with E-state index >= 15 is 0 Å². The summed E-state index contributed by atoms with van der Waals surface area (Å²) in [6.45, 7) is 6.07. The molecule has 0 heterocycles. The first-order chi connectivity index (χ1) is 9.65. The van der Waals surface area contributed by atoms with Crippen molar-refractivity contribution in [1.29, 1.82) is 0 Å². The monoisotopic (exact) mass is 280 g/mol. The molecule has 2 aliphatic rings. The molecule has 0 aromatic carbocycles. The second kappa shape index (κ2) is 6.91. The first kappa shape index (κ1) is 15.1. The van der Waals surface area contributed by atoms with E-state index in [1.54, 1.807) is 0 Å². The van der Waals surface area contributed by atoms with Gasteiger partial charge in [0, 0.05) is 12.0 Å². The fourth-order valence-electron chi connectivity index (χ4n) is 3.30. The van der Waals surface area contributed by atoms with E-state index in [4.69, 9.17) is 9.47 Å². The molecule has 20 heavy (non-hydrogen) atoms. The molecule has 112 valence electrons. The SMILES string of the molecule is C=C(C(=O)OCCOC(=O)CCC)C1C2CCCCC21. The van der Waals surface area contributed by atoms with E-state index < -0.39 is 0 Å². The number of hydrogen-bond donors (Lipinski definition) is 0.